The Morgan fingerprint density at radius 3 is 2.40 bits per heavy atom. The zero-order valence-corrected chi connectivity index (χ0v) is 13.6. The molecule has 1 saturated carbocycles. The van der Waals surface area contributed by atoms with Crippen LogP contribution >= 0.6 is 35.6 Å². The number of rotatable bonds is 3. The Bertz CT molecular complexity index is 468. The number of nitrogens with one attached hydrogen (secondary N) is 2. The first-order valence-corrected chi connectivity index (χ1v) is 7.30. The zero-order chi connectivity index (χ0) is 13.8. The summed E-state index contributed by atoms with van der Waals surface area (Å²) in [5.41, 5.74) is 0.551. The van der Waals surface area contributed by atoms with Crippen molar-refractivity contribution >= 4 is 41.5 Å². The molecule has 2 rings (SSSR count). The van der Waals surface area contributed by atoms with Gasteiger partial charge in [-0.2, -0.15) is 0 Å². The van der Waals surface area contributed by atoms with E-state index in [0.29, 0.717) is 21.7 Å². The summed E-state index contributed by atoms with van der Waals surface area (Å²) in [5, 5.41) is 7.22. The van der Waals surface area contributed by atoms with Gasteiger partial charge >= 0.3 is 0 Å². The normalized spacial score (nSPS) is 21.9. The van der Waals surface area contributed by atoms with Crippen molar-refractivity contribution in [1.29, 1.82) is 0 Å². The first-order valence-electron chi connectivity index (χ1n) is 6.55. The molecule has 0 saturated heterocycles. The molecule has 0 radical (unpaired) electrons. The van der Waals surface area contributed by atoms with Crippen molar-refractivity contribution < 1.29 is 4.79 Å². The standard InChI is InChI=1S/C14H18Cl2N2O.ClH/c1-17-12-4-2-3-5-13(12)18-14(19)9-6-7-10(15)11(16)8-9;/h6-8,12-13,17H,2-5H2,1H3,(H,18,19);1H/t12-,13+;/m0./s1. The van der Waals surface area contributed by atoms with E-state index in [9.17, 15) is 4.79 Å². The van der Waals surface area contributed by atoms with Gasteiger partial charge in [-0.3, -0.25) is 4.79 Å². The highest BCUT2D eigenvalue weighted by Crippen LogP contribution is 2.23. The Morgan fingerprint density at radius 1 is 1.15 bits per heavy atom. The van der Waals surface area contributed by atoms with Gasteiger partial charge in [-0.25, -0.2) is 0 Å². The SMILES string of the molecule is CN[C@H]1CCCC[C@H]1NC(=O)c1ccc(Cl)c(Cl)c1.Cl. The molecule has 1 fully saturated rings. The molecular weight excluding hydrogens is 319 g/mol. The summed E-state index contributed by atoms with van der Waals surface area (Å²) < 4.78 is 0. The fraction of sp³-hybridized carbons (Fsp3) is 0.500. The van der Waals surface area contributed by atoms with Gasteiger partial charge in [-0.1, -0.05) is 36.0 Å². The topological polar surface area (TPSA) is 41.1 Å². The number of hydrogen-bond acceptors (Lipinski definition) is 2. The number of halogens is 3. The van der Waals surface area contributed by atoms with E-state index in [2.05, 4.69) is 10.6 Å². The Morgan fingerprint density at radius 2 is 1.80 bits per heavy atom. The molecule has 1 aromatic carbocycles. The summed E-state index contributed by atoms with van der Waals surface area (Å²) in [4.78, 5) is 12.2. The van der Waals surface area contributed by atoms with Crippen LogP contribution in [-0.4, -0.2) is 25.0 Å². The summed E-state index contributed by atoms with van der Waals surface area (Å²) in [6.45, 7) is 0. The Kier molecular flexibility index (Phi) is 7.10. The number of benzene rings is 1. The van der Waals surface area contributed by atoms with Crippen LogP contribution in [0.3, 0.4) is 0 Å². The van der Waals surface area contributed by atoms with Crippen molar-refractivity contribution in [2.75, 3.05) is 7.05 Å². The number of amides is 1. The molecule has 1 aromatic rings. The molecule has 0 aromatic heterocycles. The van der Waals surface area contributed by atoms with Gasteiger partial charge in [0, 0.05) is 17.6 Å². The molecule has 6 heteroatoms. The highest BCUT2D eigenvalue weighted by Gasteiger charge is 2.25. The molecule has 1 aliphatic carbocycles. The van der Waals surface area contributed by atoms with Crippen molar-refractivity contribution in [2.24, 2.45) is 0 Å². The molecule has 2 atom stereocenters. The van der Waals surface area contributed by atoms with E-state index in [-0.39, 0.29) is 24.4 Å². The van der Waals surface area contributed by atoms with Gasteiger partial charge < -0.3 is 10.6 Å². The molecule has 0 bridgehead atoms. The maximum atomic E-state index is 12.2. The minimum absolute atomic E-state index is 0. The van der Waals surface area contributed by atoms with Crippen molar-refractivity contribution in [3.05, 3.63) is 33.8 Å². The average Bonchev–Trinajstić information content (AvgIpc) is 2.42. The summed E-state index contributed by atoms with van der Waals surface area (Å²) in [7, 11) is 1.94. The quantitative estimate of drug-likeness (QED) is 0.883. The number of hydrogen-bond donors (Lipinski definition) is 2. The van der Waals surface area contributed by atoms with E-state index in [1.807, 2.05) is 7.05 Å². The van der Waals surface area contributed by atoms with Crippen LogP contribution in [0.15, 0.2) is 18.2 Å². The second kappa shape index (κ2) is 8.08. The smallest absolute Gasteiger partial charge is 0.251 e. The maximum Gasteiger partial charge on any atom is 0.251 e. The molecular formula is C14H19Cl3N2O. The molecule has 1 aliphatic rings. The van der Waals surface area contributed by atoms with Crippen LogP contribution in [0.4, 0.5) is 0 Å². The Labute approximate surface area is 135 Å². The third kappa shape index (κ3) is 4.26. The lowest BCUT2D eigenvalue weighted by molar-refractivity contribution is 0.0916. The molecule has 2 N–H and O–H groups in total. The second-order valence-corrected chi connectivity index (χ2v) is 5.70. The monoisotopic (exact) mass is 336 g/mol. The second-order valence-electron chi connectivity index (χ2n) is 4.89. The van der Waals surface area contributed by atoms with Crippen molar-refractivity contribution in [3.8, 4) is 0 Å². The number of carbonyl (C=O) groups is 1. The Hall–Kier alpha value is -0.480. The fourth-order valence-electron chi connectivity index (χ4n) is 2.54. The number of likely N-dealkylation sites (N-methyl/N-ethyl adjacent to an activating group) is 1. The third-order valence-corrected chi connectivity index (χ3v) is 4.37. The first kappa shape index (κ1) is 17.6. The lowest BCUT2D eigenvalue weighted by Gasteiger charge is -2.31. The average molecular weight is 338 g/mol. The minimum atomic E-state index is -0.0919. The van der Waals surface area contributed by atoms with Gasteiger partial charge in [-0.05, 0) is 38.1 Å². The van der Waals surface area contributed by atoms with Crippen molar-refractivity contribution in [1.82, 2.24) is 10.6 Å². The van der Waals surface area contributed by atoms with Crippen LogP contribution in [0.2, 0.25) is 10.0 Å². The Balaban J connectivity index is 0.00000200. The van der Waals surface area contributed by atoms with Crippen LogP contribution in [-0.2, 0) is 0 Å². The summed E-state index contributed by atoms with van der Waals surface area (Å²) >= 11 is 11.8. The van der Waals surface area contributed by atoms with E-state index in [1.54, 1.807) is 18.2 Å². The third-order valence-electron chi connectivity index (χ3n) is 3.64. The fourth-order valence-corrected chi connectivity index (χ4v) is 2.84. The van der Waals surface area contributed by atoms with Crippen molar-refractivity contribution in [2.45, 2.75) is 37.8 Å². The van der Waals surface area contributed by atoms with Crippen LogP contribution in [0.25, 0.3) is 0 Å². The highest BCUT2D eigenvalue weighted by atomic mass is 35.5. The van der Waals surface area contributed by atoms with Crippen molar-refractivity contribution in [3.63, 3.8) is 0 Å². The van der Waals surface area contributed by atoms with Gasteiger partial charge in [-0.15, -0.1) is 12.4 Å². The predicted octanol–water partition coefficient (Wildman–Crippen LogP) is 3.68. The largest absolute Gasteiger partial charge is 0.348 e. The van der Waals surface area contributed by atoms with Crippen LogP contribution in [0.1, 0.15) is 36.0 Å². The molecule has 0 aliphatic heterocycles. The molecule has 0 unspecified atom stereocenters. The highest BCUT2D eigenvalue weighted by molar-refractivity contribution is 6.42. The lowest BCUT2D eigenvalue weighted by Crippen LogP contribution is -2.50. The molecule has 0 spiro atoms. The molecule has 20 heavy (non-hydrogen) atoms. The van der Waals surface area contributed by atoms with Crippen LogP contribution in [0.5, 0.6) is 0 Å². The first-order chi connectivity index (χ1) is 9.11. The zero-order valence-electron chi connectivity index (χ0n) is 11.3. The van der Waals surface area contributed by atoms with Gasteiger partial charge in [0.05, 0.1) is 10.0 Å². The number of carbonyl (C=O) groups excluding carboxylic acids is 1. The van der Waals surface area contributed by atoms with E-state index in [1.165, 1.54) is 6.42 Å². The van der Waals surface area contributed by atoms with E-state index < -0.39 is 0 Å². The van der Waals surface area contributed by atoms with E-state index in [0.717, 1.165) is 19.3 Å². The summed E-state index contributed by atoms with van der Waals surface area (Å²) in [5.74, 6) is -0.0919. The molecule has 3 nitrogen and oxygen atoms in total. The van der Waals surface area contributed by atoms with E-state index in [4.69, 9.17) is 23.2 Å². The summed E-state index contributed by atoms with van der Waals surface area (Å²) in [6, 6.07) is 5.48. The maximum absolute atomic E-state index is 12.2. The van der Waals surface area contributed by atoms with Gasteiger partial charge in [0.2, 0.25) is 0 Å². The minimum Gasteiger partial charge on any atom is -0.348 e. The van der Waals surface area contributed by atoms with Crippen LogP contribution < -0.4 is 10.6 Å². The van der Waals surface area contributed by atoms with Gasteiger partial charge in [0.15, 0.2) is 0 Å². The van der Waals surface area contributed by atoms with Gasteiger partial charge in [0.1, 0.15) is 0 Å². The predicted molar refractivity (Wildman–Crippen MR) is 86.3 cm³/mol. The molecule has 1 amide bonds. The van der Waals surface area contributed by atoms with E-state index >= 15 is 0 Å². The summed E-state index contributed by atoms with van der Waals surface area (Å²) in [6.07, 6.45) is 4.48. The lowest BCUT2D eigenvalue weighted by atomic mass is 9.90. The van der Waals surface area contributed by atoms with Gasteiger partial charge in [0.25, 0.3) is 5.91 Å². The molecule has 112 valence electrons. The molecule has 0 heterocycles. The van der Waals surface area contributed by atoms with Crippen LogP contribution in [0, 0.1) is 0 Å².